The molecular formula is C13H20N4O3. The fraction of sp³-hybridized carbons (Fsp3) is 0.615. The number of likely N-dealkylation sites (tertiary alicyclic amines) is 1. The van der Waals surface area contributed by atoms with Crippen LogP contribution < -0.4 is 5.32 Å². The zero-order valence-corrected chi connectivity index (χ0v) is 11.5. The lowest BCUT2D eigenvalue weighted by Gasteiger charge is -2.33. The molecule has 0 amide bonds. The van der Waals surface area contributed by atoms with E-state index < -0.39 is 18.0 Å². The predicted octanol–water partition coefficient (Wildman–Crippen LogP) is 0.176. The van der Waals surface area contributed by atoms with E-state index in [-0.39, 0.29) is 0 Å². The Balaban J connectivity index is 1.94. The summed E-state index contributed by atoms with van der Waals surface area (Å²) in [5.74, 6) is -1.07. The van der Waals surface area contributed by atoms with Crippen LogP contribution in [0.1, 0.15) is 18.9 Å². The highest BCUT2D eigenvalue weighted by Crippen LogP contribution is 2.19. The van der Waals surface area contributed by atoms with Crippen molar-refractivity contribution in [3.63, 3.8) is 0 Å². The molecule has 2 heterocycles. The number of nitrogens with zero attached hydrogens (tertiary/aromatic N) is 3. The normalized spacial score (nSPS) is 23.5. The molecule has 1 aromatic heterocycles. The van der Waals surface area contributed by atoms with Crippen LogP contribution in [0.2, 0.25) is 0 Å². The maximum absolute atomic E-state index is 11.1. The van der Waals surface area contributed by atoms with Crippen molar-refractivity contribution >= 4 is 11.9 Å². The number of hydrogen-bond acceptors (Lipinski definition) is 6. The number of carbonyl (C=O) groups is 1. The van der Waals surface area contributed by atoms with E-state index in [2.05, 4.69) is 15.3 Å². The van der Waals surface area contributed by atoms with Gasteiger partial charge in [0.2, 0.25) is 5.95 Å². The molecule has 1 saturated heterocycles. The zero-order valence-electron chi connectivity index (χ0n) is 11.5. The Kier molecular flexibility index (Phi) is 4.86. The molecule has 0 radical (unpaired) electrons. The van der Waals surface area contributed by atoms with Crippen molar-refractivity contribution in [1.82, 2.24) is 14.9 Å². The van der Waals surface area contributed by atoms with Crippen molar-refractivity contribution in [2.24, 2.45) is 5.92 Å². The fourth-order valence-electron chi connectivity index (χ4n) is 2.34. The molecule has 2 atom stereocenters. The fourth-order valence-corrected chi connectivity index (χ4v) is 2.34. The van der Waals surface area contributed by atoms with Crippen LogP contribution in [0.4, 0.5) is 5.95 Å². The summed E-state index contributed by atoms with van der Waals surface area (Å²) in [7, 11) is 0. The largest absolute Gasteiger partial charge is 0.481 e. The zero-order chi connectivity index (χ0) is 14.5. The lowest BCUT2D eigenvalue weighted by molar-refractivity contribution is -0.149. The third-order valence-electron chi connectivity index (χ3n) is 3.42. The van der Waals surface area contributed by atoms with E-state index in [1.165, 1.54) is 0 Å². The Morgan fingerprint density at radius 2 is 2.20 bits per heavy atom. The van der Waals surface area contributed by atoms with Gasteiger partial charge >= 0.3 is 5.97 Å². The van der Waals surface area contributed by atoms with Gasteiger partial charge in [-0.2, -0.15) is 0 Å². The predicted molar refractivity (Wildman–Crippen MR) is 73.2 cm³/mol. The average Bonchev–Trinajstić information content (AvgIpc) is 2.43. The summed E-state index contributed by atoms with van der Waals surface area (Å²) >= 11 is 0. The van der Waals surface area contributed by atoms with Gasteiger partial charge in [-0.15, -0.1) is 0 Å². The molecule has 1 fully saturated rings. The van der Waals surface area contributed by atoms with Crippen LogP contribution >= 0.6 is 0 Å². The van der Waals surface area contributed by atoms with Crippen LogP contribution in [0.15, 0.2) is 12.4 Å². The molecule has 7 heteroatoms. The second-order valence-corrected chi connectivity index (χ2v) is 4.98. The summed E-state index contributed by atoms with van der Waals surface area (Å²) < 4.78 is 0. The van der Waals surface area contributed by atoms with Gasteiger partial charge in [0.25, 0.3) is 0 Å². The number of hydrogen-bond donors (Lipinski definition) is 3. The number of aliphatic hydroxyl groups excluding tert-OH is 1. The first kappa shape index (κ1) is 14.7. The van der Waals surface area contributed by atoms with Crippen molar-refractivity contribution in [2.45, 2.75) is 26.0 Å². The number of aliphatic hydroxyl groups is 1. The molecule has 7 nitrogen and oxygen atoms in total. The van der Waals surface area contributed by atoms with Gasteiger partial charge in [0, 0.05) is 44.1 Å². The van der Waals surface area contributed by atoms with Crippen LogP contribution in [0, 0.1) is 5.92 Å². The standard InChI is InChI=1S/C13H20N4O3/c1-2-14-13-15-5-9(6-16-13)7-17-4-3-11(18)10(8-17)12(19)20/h5-6,10-11,18H,2-4,7-8H2,1H3,(H,19,20)(H,14,15,16)/t10-,11-/m1/s1. The second-order valence-electron chi connectivity index (χ2n) is 4.98. The Morgan fingerprint density at radius 1 is 1.50 bits per heavy atom. The quantitative estimate of drug-likeness (QED) is 0.707. The van der Waals surface area contributed by atoms with Gasteiger partial charge < -0.3 is 15.5 Å². The van der Waals surface area contributed by atoms with E-state index in [0.717, 1.165) is 12.1 Å². The Labute approximate surface area is 117 Å². The number of aromatic nitrogens is 2. The van der Waals surface area contributed by atoms with Gasteiger partial charge in [0.05, 0.1) is 12.0 Å². The van der Waals surface area contributed by atoms with Gasteiger partial charge in [-0.1, -0.05) is 0 Å². The van der Waals surface area contributed by atoms with Gasteiger partial charge in [-0.05, 0) is 13.3 Å². The van der Waals surface area contributed by atoms with Crippen molar-refractivity contribution in [1.29, 1.82) is 0 Å². The lowest BCUT2D eigenvalue weighted by atomic mass is 9.94. The van der Waals surface area contributed by atoms with E-state index in [1.807, 2.05) is 11.8 Å². The van der Waals surface area contributed by atoms with E-state index in [0.29, 0.717) is 32.0 Å². The van der Waals surface area contributed by atoms with Gasteiger partial charge in [-0.3, -0.25) is 9.69 Å². The number of aliphatic carboxylic acids is 1. The van der Waals surface area contributed by atoms with Crippen molar-refractivity contribution in [3.8, 4) is 0 Å². The number of piperidine rings is 1. The molecule has 0 saturated carbocycles. The van der Waals surface area contributed by atoms with E-state index >= 15 is 0 Å². The number of carboxylic acid groups (broad SMARTS) is 1. The average molecular weight is 280 g/mol. The summed E-state index contributed by atoms with van der Waals surface area (Å²) in [5, 5.41) is 21.8. The molecule has 0 spiro atoms. The highest BCUT2D eigenvalue weighted by Gasteiger charge is 2.32. The first-order valence-corrected chi connectivity index (χ1v) is 6.78. The summed E-state index contributed by atoms with van der Waals surface area (Å²) in [6.45, 7) is 4.38. The van der Waals surface area contributed by atoms with Crippen LogP contribution in [-0.4, -0.2) is 56.8 Å². The molecule has 1 aromatic rings. The summed E-state index contributed by atoms with van der Waals surface area (Å²) in [6, 6.07) is 0. The minimum absolute atomic E-state index is 0.353. The first-order valence-electron chi connectivity index (χ1n) is 6.78. The summed E-state index contributed by atoms with van der Waals surface area (Å²) in [6.07, 6.45) is 3.21. The van der Waals surface area contributed by atoms with Crippen LogP contribution in [0.25, 0.3) is 0 Å². The van der Waals surface area contributed by atoms with Crippen LogP contribution in [0.5, 0.6) is 0 Å². The Hall–Kier alpha value is -1.73. The summed E-state index contributed by atoms with van der Waals surface area (Å²) in [4.78, 5) is 21.4. The molecule has 20 heavy (non-hydrogen) atoms. The molecule has 110 valence electrons. The van der Waals surface area contributed by atoms with Gasteiger partial charge in [-0.25, -0.2) is 9.97 Å². The van der Waals surface area contributed by atoms with E-state index in [4.69, 9.17) is 5.11 Å². The lowest BCUT2D eigenvalue weighted by Crippen LogP contribution is -2.46. The molecule has 3 N–H and O–H groups in total. The van der Waals surface area contributed by atoms with E-state index in [9.17, 15) is 9.90 Å². The van der Waals surface area contributed by atoms with Gasteiger partial charge in [0.1, 0.15) is 0 Å². The maximum atomic E-state index is 11.1. The molecule has 0 aromatic carbocycles. The monoisotopic (exact) mass is 280 g/mol. The maximum Gasteiger partial charge on any atom is 0.310 e. The third kappa shape index (κ3) is 3.64. The molecule has 0 aliphatic carbocycles. The van der Waals surface area contributed by atoms with Crippen LogP contribution in [0.3, 0.4) is 0 Å². The van der Waals surface area contributed by atoms with Crippen molar-refractivity contribution in [2.75, 3.05) is 25.0 Å². The highest BCUT2D eigenvalue weighted by molar-refractivity contribution is 5.71. The highest BCUT2D eigenvalue weighted by atomic mass is 16.4. The van der Waals surface area contributed by atoms with E-state index in [1.54, 1.807) is 12.4 Å². The Bertz CT molecular complexity index is 451. The van der Waals surface area contributed by atoms with Crippen molar-refractivity contribution < 1.29 is 15.0 Å². The minimum Gasteiger partial charge on any atom is -0.481 e. The Morgan fingerprint density at radius 3 is 2.80 bits per heavy atom. The second kappa shape index (κ2) is 6.62. The number of rotatable bonds is 5. The minimum atomic E-state index is -0.944. The number of carboxylic acids is 1. The first-order chi connectivity index (χ1) is 9.60. The molecule has 0 unspecified atom stereocenters. The molecule has 0 bridgehead atoms. The smallest absolute Gasteiger partial charge is 0.310 e. The number of anilines is 1. The summed E-state index contributed by atoms with van der Waals surface area (Å²) in [5.41, 5.74) is 0.937. The molecule has 1 aliphatic rings. The van der Waals surface area contributed by atoms with Crippen LogP contribution in [-0.2, 0) is 11.3 Å². The van der Waals surface area contributed by atoms with Crippen molar-refractivity contribution in [3.05, 3.63) is 18.0 Å². The molecule has 2 rings (SSSR count). The third-order valence-corrected chi connectivity index (χ3v) is 3.42. The number of nitrogens with one attached hydrogen (secondary N) is 1. The molecular weight excluding hydrogens is 260 g/mol. The van der Waals surface area contributed by atoms with Gasteiger partial charge in [0.15, 0.2) is 0 Å². The molecule has 1 aliphatic heterocycles. The SMILES string of the molecule is CCNc1ncc(CN2CC[C@@H](O)[C@H](C(=O)O)C2)cn1. The topological polar surface area (TPSA) is 98.6 Å².